The number of hydrogen-bond donors (Lipinski definition) is 0. The zero-order valence-electron chi connectivity index (χ0n) is 22.2. The number of fused-ring (bicyclic) bond motifs is 1. The van der Waals surface area contributed by atoms with E-state index in [1.54, 1.807) is 35.8 Å². The minimum Gasteiger partial charge on any atom is -0.463 e. The number of thiazole rings is 1. The van der Waals surface area contributed by atoms with Crippen LogP contribution in [0.15, 0.2) is 104 Å². The summed E-state index contributed by atoms with van der Waals surface area (Å²) >= 11 is 2.71. The van der Waals surface area contributed by atoms with Crippen molar-refractivity contribution in [1.29, 1.82) is 0 Å². The number of esters is 1. The van der Waals surface area contributed by atoms with E-state index in [1.165, 1.54) is 29.6 Å². The monoisotopic (exact) mass is 580 g/mol. The number of furan rings is 1. The maximum absolute atomic E-state index is 13.9. The molecule has 0 fully saturated rings. The second-order valence-corrected chi connectivity index (χ2v) is 11.3. The molecule has 3 aromatic heterocycles. The van der Waals surface area contributed by atoms with E-state index in [-0.39, 0.29) is 17.9 Å². The van der Waals surface area contributed by atoms with E-state index in [9.17, 15) is 14.4 Å². The van der Waals surface area contributed by atoms with Gasteiger partial charge in [-0.05, 0) is 37.4 Å². The van der Waals surface area contributed by atoms with Crippen LogP contribution in [0.2, 0.25) is 0 Å². The zero-order chi connectivity index (χ0) is 28.5. The van der Waals surface area contributed by atoms with Crippen molar-refractivity contribution in [1.82, 2.24) is 4.57 Å². The van der Waals surface area contributed by atoms with E-state index < -0.39 is 12.0 Å². The van der Waals surface area contributed by atoms with Crippen LogP contribution in [0.25, 0.3) is 23.1 Å². The third-order valence-corrected chi connectivity index (χ3v) is 8.57. The van der Waals surface area contributed by atoms with Crippen LogP contribution in [-0.2, 0) is 9.53 Å². The predicted octanol–water partition coefficient (Wildman–Crippen LogP) is 5.46. The van der Waals surface area contributed by atoms with Crippen LogP contribution < -0.4 is 14.9 Å². The highest BCUT2D eigenvalue weighted by Crippen LogP contribution is 2.36. The predicted molar refractivity (Wildman–Crippen MR) is 160 cm³/mol. The van der Waals surface area contributed by atoms with Gasteiger partial charge in [0.15, 0.2) is 10.6 Å². The number of rotatable bonds is 7. The summed E-state index contributed by atoms with van der Waals surface area (Å²) in [5, 5.41) is 1.92. The number of benzene rings is 2. The maximum atomic E-state index is 13.9. The Morgan fingerprint density at radius 3 is 2.46 bits per heavy atom. The van der Waals surface area contributed by atoms with Crippen LogP contribution in [0.5, 0.6) is 0 Å². The van der Waals surface area contributed by atoms with Gasteiger partial charge < -0.3 is 9.15 Å². The summed E-state index contributed by atoms with van der Waals surface area (Å²) in [6.07, 6.45) is 1.69. The van der Waals surface area contributed by atoms with Gasteiger partial charge in [-0.2, -0.15) is 0 Å². The lowest BCUT2D eigenvalue weighted by Crippen LogP contribution is -2.39. The lowest BCUT2D eigenvalue weighted by molar-refractivity contribution is -0.138. The molecule has 0 unspecified atom stereocenters. The summed E-state index contributed by atoms with van der Waals surface area (Å²) in [5.41, 5.74) is 2.75. The normalized spacial score (nSPS) is 15.0. The molecule has 0 bridgehead atoms. The molecule has 41 heavy (non-hydrogen) atoms. The molecule has 1 aliphatic heterocycles. The average molecular weight is 581 g/mol. The Morgan fingerprint density at radius 1 is 1.00 bits per heavy atom. The van der Waals surface area contributed by atoms with Gasteiger partial charge in [0.2, 0.25) is 0 Å². The summed E-state index contributed by atoms with van der Waals surface area (Å²) < 4.78 is 13.5. The van der Waals surface area contributed by atoms with Gasteiger partial charge in [0.05, 0.1) is 22.4 Å². The van der Waals surface area contributed by atoms with Crippen molar-refractivity contribution < 1.29 is 18.7 Å². The highest BCUT2D eigenvalue weighted by atomic mass is 32.1. The highest BCUT2D eigenvalue weighted by molar-refractivity contribution is 7.10. The molecular weight excluding hydrogens is 556 g/mol. The molecule has 7 nitrogen and oxygen atoms in total. The van der Waals surface area contributed by atoms with E-state index in [0.29, 0.717) is 37.7 Å². The van der Waals surface area contributed by atoms with Gasteiger partial charge in [0.25, 0.3) is 5.56 Å². The Kier molecular flexibility index (Phi) is 7.21. The third kappa shape index (κ3) is 5.05. The molecule has 6 rings (SSSR count). The molecule has 4 heterocycles. The van der Waals surface area contributed by atoms with Gasteiger partial charge in [-0.3, -0.25) is 14.2 Å². The van der Waals surface area contributed by atoms with E-state index in [4.69, 9.17) is 14.1 Å². The first-order valence-corrected chi connectivity index (χ1v) is 14.7. The number of ketones is 1. The van der Waals surface area contributed by atoms with E-state index in [2.05, 4.69) is 0 Å². The lowest BCUT2D eigenvalue weighted by Gasteiger charge is -2.24. The van der Waals surface area contributed by atoms with Gasteiger partial charge in [-0.1, -0.05) is 72.0 Å². The van der Waals surface area contributed by atoms with Gasteiger partial charge in [-0.15, -0.1) is 11.3 Å². The third-order valence-electron chi connectivity index (χ3n) is 6.66. The fourth-order valence-corrected chi connectivity index (χ4v) is 6.54. The first kappa shape index (κ1) is 26.6. The minimum atomic E-state index is -0.686. The van der Waals surface area contributed by atoms with Crippen molar-refractivity contribution in [2.24, 2.45) is 4.99 Å². The SMILES string of the molecule is CCOC(=O)C1=C(c2ccccc2)N=c2s/c(=C\c3ccc(-c4ccc(C(C)=O)cc4)o3)c(=O)n2[C@@H]1c1cccs1. The van der Waals surface area contributed by atoms with E-state index in [1.807, 2.05) is 66.0 Å². The Hall–Kier alpha value is -4.60. The van der Waals surface area contributed by atoms with Crippen molar-refractivity contribution in [3.63, 3.8) is 0 Å². The number of thiophene rings is 1. The Labute approximate surface area is 243 Å². The number of carbonyl (C=O) groups excluding carboxylic acids is 2. The summed E-state index contributed by atoms with van der Waals surface area (Å²) in [5.74, 6) is 0.608. The molecule has 0 amide bonds. The van der Waals surface area contributed by atoms with Crippen LogP contribution in [-0.4, -0.2) is 22.9 Å². The quantitative estimate of drug-likeness (QED) is 0.188. The number of hydrogen-bond acceptors (Lipinski definition) is 8. The van der Waals surface area contributed by atoms with Crippen LogP contribution in [0, 0.1) is 0 Å². The molecule has 0 N–H and O–H groups in total. The standard InChI is InChI=1S/C32H24N2O5S2/c1-3-38-31(37)27-28(22-8-5-4-6-9-22)33-32-34(29(27)25-10-7-17-40-25)30(36)26(41-32)18-23-15-16-24(39-23)21-13-11-20(12-14-21)19(2)35/h4-18,29H,3H2,1-2H3/b26-18-/t29-/m1/s1. The number of carbonyl (C=O) groups is 2. The highest BCUT2D eigenvalue weighted by Gasteiger charge is 2.35. The summed E-state index contributed by atoms with van der Waals surface area (Å²) in [4.78, 5) is 45.1. The minimum absolute atomic E-state index is 0.00514. The number of nitrogens with zero attached hydrogens (tertiary/aromatic N) is 2. The van der Waals surface area contributed by atoms with Crippen LogP contribution >= 0.6 is 22.7 Å². The largest absolute Gasteiger partial charge is 0.463 e. The molecule has 0 radical (unpaired) electrons. The van der Waals surface area contributed by atoms with Crippen molar-refractivity contribution in [3.8, 4) is 11.3 Å². The molecule has 5 aromatic rings. The summed E-state index contributed by atoms with van der Waals surface area (Å²) in [6.45, 7) is 3.48. The van der Waals surface area contributed by atoms with Gasteiger partial charge in [0.1, 0.15) is 17.6 Å². The number of Topliss-reactive ketones (excluding diaryl/α,β-unsaturated/α-hetero) is 1. The topological polar surface area (TPSA) is 90.9 Å². The molecule has 204 valence electrons. The molecule has 1 atom stereocenters. The molecule has 1 aliphatic rings. The maximum Gasteiger partial charge on any atom is 0.338 e. The second-order valence-electron chi connectivity index (χ2n) is 9.28. The summed E-state index contributed by atoms with van der Waals surface area (Å²) in [7, 11) is 0. The lowest BCUT2D eigenvalue weighted by atomic mass is 9.97. The Balaban J connectivity index is 1.50. The molecule has 0 spiro atoms. The second kappa shape index (κ2) is 11.1. The number of ether oxygens (including phenoxy) is 1. The van der Waals surface area contributed by atoms with Crippen molar-refractivity contribution in [2.75, 3.05) is 6.61 Å². The van der Waals surface area contributed by atoms with E-state index in [0.717, 1.165) is 16.0 Å². The fourth-order valence-electron chi connectivity index (χ4n) is 4.74. The average Bonchev–Trinajstić information content (AvgIpc) is 3.75. The molecule has 2 aromatic carbocycles. The van der Waals surface area contributed by atoms with Crippen molar-refractivity contribution in [3.05, 3.63) is 131 Å². The van der Waals surface area contributed by atoms with Crippen LogP contribution in [0.4, 0.5) is 0 Å². The van der Waals surface area contributed by atoms with Crippen molar-refractivity contribution in [2.45, 2.75) is 19.9 Å². The summed E-state index contributed by atoms with van der Waals surface area (Å²) in [6, 6.07) is 23.4. The van der Waals surface area contributed by atoms with E-state index >= 15 is 0 Å². The molecule has 0 aliphatic carbocycles. The smallest absolute Gasteiger partial charge is 0.338 e. The first-order valence-electron chi connectivity index (χ1n) is 13.0. The number of aromatic nitrogens is 1. The molecule has 0 saturated heterocycles. The zero-order valence-corrected chi connectivity index (χ0v) is 23.8. The first-order chi connectivity index (χ1) is 19.9. The van der Waals surface area contributed by atoms with Crippen molar-refractivity contribution >= 4 is 46.2 Å². The van der Waals surface area contributed by atoms with Gasteiger partial charge in [-0.25, -0.2) is 9.79 Å². The molecule has 9 heteroatoms. The Morgan fingerprint density at radius 2 is 1.78 bits per heavy atom. The van der Waals surface area contributed by atoms with Gasteiger partial charge >= 0.3 is 5.97 Å². The van der Waals surface area contributed by atoms with Crippen LogP contribution in [0.1, 0.15) is 46.4 Å². The fraction of sp³-hybridized carbons (Fsp3) is 0.125. The molecular formula is C32H24N2O5S2. The van der Waals surface area contributed by atoms with Gasteiger partial charge in [0, 0.05) is 27.6 Å². The van der Waals surface area contributed by atoms with Crippen LogP contribution in [0.3, 0.4) is 0 Å². The molecule has 0 saturated carbocycles. The Bertz CT molecular complexity index is 1960.